The number of benzene rings is 2. The van der Waals surface area contributed by atoms with Crippen molar-refractivity contribution in [3.63, 3.8) is 0 Å². The maximum Gasteiger partial charge on any atom is 0.136 e. The molecule has 1 fully saturated rings. The van der Waals surface area contributed by atoms with Crippen molar-refractivity contribution in [3.05, 3.63) is 59.1 Å². The first-order valence-electron chi connectivity index (χ1n) is 9.60. The zero-order valence-corrected chi connectivity index (χ0v) is 17.9. The molecule has 3 rings (SSSR count). The first kappa shape index (κ1) is 20.7. The van der Waals surface area contributed by atoms with E-state index in [0.717, 1.165) is 36.5 Å². The highest BCUT2D eigenvalue weighted by Crippen LogP contribution is 2.37. The third-order valence-electron chi connectivity index (χ3n) is 5.10. The zero-order chi connectivity index (χ0) is 19.4. The van der Waals surface area contributed by atoms with Gasteiger partial charge in [0, 0.05) is 16.4 Å². The van der Waals surface area contributed by atoms with E-state index in [1.807, 2.05) is 32.9 Å². The first-order valence-corrected chi connectivity index (χ1v) is 11.1. The lowest BCUT2D eigenvalue weighted by Gasteiger charge is -2.35. The third-order valence-corrected chi connectivity index (χ3v) is 6.93. The van der Waals surface area contributed by atoms with Gasteiger partial charge >= 0.3 is 0 Å². The van der Waals surface area contributed by atoms with E-state index in [0.29, 0.717) is 5.92 Å². The van der Waals surface area contributed by atoms with E-state index in [9.17, 15) is 4.55 Å². The average Bonchev–Trinajstić information content (AvgIpc) is 2.66. The molecular weight excluding hydrogens is 376 g/mol. The minimum atomic E-state index is -1.13. The second kappa shape index (κ2) is 8.97. The molecule has 2 aromatic carbocycles. The molecule has 0 aliphatic carbocycles. The molecule has 2 aromatic rings. The lowest BCUT2D eigenvalue weighted by atomic mass is 9.83. The molecule has 146 valence electrons. The number of nitrogens with one attached hydrogen (secondary N) is 2. The van der Waals surface area contributed by atoms with Crippen LogP contribution < -0.4 is 10.0 Å². The maximum absolute atomic E-state index is 13.0. The van der Waals surface area contributed by atoms with Crippen LogP contribution in [0, 0.1) is 5.92 Å². The largest absolute Gasteiger partial charge is 0.598 e. The Morgan fingerprint density at radius 3 is 2.33 bits per heavy atom. The van der Waals surface area contributed by atoms with Gasteiger partial charge in [-0.2, -0.15) is 0 Å². The van der Waals surface area contributed by atoms with Crippen LogP contribution in [0.2, 0.25) is 5.02 Å². The molecular formula is C22H29ClN2OS. The molecule has 2 N–H and O–H groups in total. The Kier molecular flexibility index (Phi) is 6.88. The molecule has 1 saturated heterocycles. The molecule has 3 nitrogen and oxygen atoms in total. The van der Waals surface area contributed by atoms with Crippen LogP contribution in [0.25, 0.3) is 11.1 Å². The van der Waals surface area contributed by atoms with Gasteiger partial charge in [0.2, 0.25) is 0 Å². The minimum absolute atomic E-state index is 0.0547. The van der Waals surface area contributed by atoms with Crippen LogP contribution in [-0.2, 0) is 11.4 Å². The number of piperidine rings is 1. The Labute approximate surface area is 171 Å². The van der Waals surface area contributed by atoms with Crippen molar-refractivity contribution in [2.24, 2.45) is 5.92 Å². The molecule has 0 bridgehead atoms. The molecule has 27 heavy (non-hydrogen) atoms. The number of hydrogen-bond donors (Lipinski definition) is 2. The van der Waals surface area contributed by atoms with E-state index in [1.165, 1.54) is 11.1 Å². The molecule has 0 amide bonds. The molecule has 1 heterocycles. The van der Waals surface area contributed by atoms with Gasteiger partial charge in [-0.3, -0.25) is 0 Å². The summed E-state index contributed by atoms with van der Waals surface area (Å²) in [5, 5.41) is 4.17. The Bertz CT molecular complexity index is 739. The fourth-order valence-corrected chi connectivity index (χ4v) is 4.57. The smallest absolute Gasteiger partial charge is 0.136 e. The highest BCUT2D eigenvalue weighted by molar-refractivity contribution is 7.90. The molecule has 1 aliphatic heterocycles. The SMILES string of the molecule is CC(C)(C)[S@+]([O-])N[C@@H](c1ccccc1-c1ccc(Cl)cc1)C1CCNCC1. The fraction of sp³-hybridized carbons (Fsp3) is 0.455. The summed E-state index contributed by atoms with van der Waals surface area (Å²) < 4.78 is 16.1. The highest BCUT2D eigenvalue weighted by atomic mass is 35.5. The van der Waals surface area contributed by atoms with Crippen molar-refractivity contribution in [2.75, 3.05) is 13.1 Å². The van der Waals surface area contributed by atoms with Crippen LogP contribution in [0.1, 0.15) is 45.2 Å². The van der Waals surface area contributed by atoms with Crippen LogP contribution >= 0.6 is 11.6 Å². The Balaban J connectivity index is 2.00. The summed E-state index contributed by atoms with van der Waals surface area (Å²) in [6.45, 7) is 8.06. The van der Waals surface area contributed by atoms with E-state index >= 15 is 0 Å². The van der Waals surface area contributed by atoms with Crippen molar-refractivity contribution < 1.29 is 4.55 Å². The van der Waals surface area contributed by atoms with Crippen molar-refractivity contribution in [2.45, 2.75) is 44.4 Å². The van der Waals surface area contributed by atoms with Gasteiger partial charge in [0.1, 0.15) is 4.75 Å². The van der Waals surface area contributed by atoms with Gasteiger partial charge in [-0.25, -0.2) is 0 Å². The van der Waals surface area contributed by atoms with Crippen molar-refractivity contribution in [1.82, 2.24) is 10.0 Å². The third kappa shape index (κ3) is 5.27. The summed E-state index contributed by atoms with van der Waals surface area (Å²) in [5.41, 5.74) is 3.53. The molecule has 1 aliphatic rings. The lowest BCUT2D eigenvalue weighted by Crippen LogP contribution is -2.45. The summed E-state index contributed by atoms with van der Waals surface area (Å²) in [7, 11) is 0. The van der Waals surface area contributed by atoms with Crippen LogP contribution in [-0.4, -0.2) is 22.4 Å². The van der Waals surface area contributed by atoms with Crippen molar-refractivity contribution in [1.29, 1.82) is 0 Å². The summed E-state index contributed by atoms with van der Waals surface area (Å²) >= 11 is 4.95. The predicted molar refractivity (Wildman–Crippen MR) is 116 cm³/mol. The number of halogens is 1. The van der Waals surface area contributed by atoms with Gasteiger partial charge in [0.05, 0.1) is 6.04 Å². The topological polar surface area (TPSA) is 47.1 Å². The molecule has 0 spiro atoms. The van der Waals surface area contributed by atoms with Crippen molar-refractivity contribution in [3.8, 4) is 11.1 Å². The zero-order valence-electron chi connectivity index (χ0n) is 16.3. The molecule has 5 heteroatoms. The van der Waals surface area contributed by atoms with Crippen LogP contribution in [0.5, 0.6) is 0 Å². The molecule has 0 aromatic heterocycles. The second-order valence-corrected chi connectivity index (χ2v) is 10.6. The molecule has 0 unspecified atom stereocenters. The highest BCUT2D eigenvalue weighted by Gasteiger charge is 2.35. The summed E-state index contributed by atoms with van der Waals surface area (Å²) in [6, 6.07) is 16.5. The Morgan fingerprint density at radius 1 is 1.07 bits per heavy atom. The molecule has 0 saturated carbocycles. The van der Waals surface area contributed by atoms with E-state index < -0.39 is 11.4 Å². The van der Waals surface area contributed by atoms with Gasteiger partial charge < -0.3 is 9.87 Å². The summed E-state index contributed by atoms with van der Waals surface area (Å²) in [4.78, 5) is 0. The Hall–Kier alpha value is -1.04. The van der Waals surface area contributed by atoms with Gasteiger partial charge in [-0.05, 0) is 81.4 Å². The van der Waals surface area contributed by atoms with Gasteiger partial charge in [0.25, 0.3) is 0 Å². The van der Waals surface area contributed by atoms with Crippen molar-refractivity contribution >= 4 is 23.0 Å². The van der Waals surface area contributed by atoms with Crippen LogP contribution in [0.4, 0.5) is 0 Å². The quantitative estimate of drug-likeness (QED) is 0.681. The monoisotopic (exact) mass is 404 g/mol. The lowest BCUT2D eigenvalue weighted by molar-refractivity contribution is 0.305. The summed E-state index contributed by atoms with van der Waals surface area (Å²) in [6.07, 6.45) is 2.15. The Morgan fingerprint density at radius 2 is 1.70 bits per heavy atom. The number of hydrogen-bond acceptors (Lipinski definition) is 3. The molecule has 2 atom stereocenters. The van der Waals surface area contributed by atoms with E-state index in [4.69, 9.17) is 11.6 Å². The summed E-state index contributed by atoms with van der Waals surface area (Å²) in [5.74, 6) is 0.450. The van der Waals surface area contributed by atoms with E-state index in [-0.39, 0.29) is 10.8 Å². The predicted octanol–water partition coefficient (Wildman–Crippen LogP) is 5.10. The fourth-order valence-electron chi connectivity index (χ4n) is 3.54. The van der Waals surface area contributed by atoms with E-state index in [2.05, 4.69) is 46.4 Å². The standard InChI is InChI=1S/C22H29ClN2OS/c1-22(2,3)27(26)25-21(17-12-14-24-15-13-17)20-7-5-4-6-19(20)16-8-10-18(23)11-9-16/h4-11,17,21,24-25H,12-15H2,1-3H3/t21-,27+/m1/s1. The normalized spacial score (nSPS) is 18.3. The van der Waals surface area contributed by atoms with Gasteiger partial charge in [0.15, 0.2) is 0 Å². The minimum Gasteiger partial charge on any atom is -0.598 e. The first-order chi connectivity index (χ1) is 12.9. The molecule has 0 radical (unpaired) electrons. The second-order valence-electron chi connectivity index (χ2n) is 8.16. The van der Waals surface area contributed by atoms with Gasteiger partial charge in [-0.1, -0.05) is 48.0 Å². The average molecular weight is 405 g/mol. The van der Waals surface area contributed by atoms with Crippen LogP contribution in [0.3, 0.4) is 0 Å². The number of rotatable bonds is 5. The van der Waals surface area contributed by atoms with Crippen LogP contribution in [0.15, 0.2) is 48.5 Å². The van der Waals surface area contributed by atoms with Gasteiger partial charge in [-0.15, -0.1) is 4.72 Å². The maximum atomic E-state index is 13.0. The van der Waals surface area contributed by atoms with E-state index in [1.54, 1.807) is 0 Å².